The molecule has 0 saturated carbocycles. The summed E-state index contributed by atoms with van der Waals surface area (Å²) in [6.45, 7) is 2.94. The third-order valence-electron chi connectivity index (χ3n) is 3.69. The van der Waals surface area contributed by atoms with Crippen molar-refractivity contribution in [1.29, 1.82) is 0 Å². The maximum Gasteiger partial charge on any atom is 0.213 e. The Kier molecular flexibility index (Phi) is 3.99. The zero-order valence-electron chi connectivity index (χ0n) is 12.5. The van der Waals surface area contributed by atoms with Crippen LogP contribution in [0.25, 0.3) is 11.5 Å². The molecule has 21 heavy (non-hydrogen) atoms. The smallest absolute Gasteiger partial charge is 0.213 e. The number of anilines is 1. The molecule has 0 amide bonds. The van der Waals surface area contributed by atoms with E-state index in [0.717, 1.165) is 36.6 Å². The number of rotatable bonds is 4. The van der Waals surface area contributed by atoms with E-state index in [1.165, 1.54) is 18.4 Å². The van der Waals surface area contributed by atoms with Crippen LogP contribution in [0.2, 0.25) is 0 Å². The molecule has 0 spiro atoms. The first kappa shape index (κ1) is 13.8. The van der Waals surface area contributed by atoms with E-state index in [9.17, 15) is 0 Å². The van der Waals surface area contributed by atoms with Gasteiger partial charge in [0, 0.05) is 23.9 Å². The van der Waals surface area contributed by atoms with Crippen LogP contribution < -0.4 is 10.1 Å². The Hall–Kier alpha value is -2.17. The van der Waals surface area contributed by atoms with E-state index in [2.05, 4.69) is 22.2 Å². The largest absolute Gasteiger partial charge is 0.481 e. The quantitative estimate of drug-likeness (QED) is 0.935. The minimum atomic E-state index is 0.582. The van der Waals surface area contributed by atoms with Gasteiger partial charge in [0.1, 0.15) is 11.5 Å². The molecular formula is C16H20N4O. The molecule has 0 saturated heterocycles. The second-order valence-electron chi connectivity index (χ2n) is 5.12. The average Bonchev–Trinajstić information content (AvgIpc) is 2.55. The normalized spacial score (nSPS) is 13.6. The van der Waals surface area contributed by atoms with Crippen LogP contribution in [0.1, 0.15) is 31.0 Å². The van der Waals surface area contributed by atoms with Crippen LogP contribution in [0.5, 0.6) is 5.88 Å². The average molecular weight is 284 g/mol. The lowest BCUT2D eigenvalue weighted by atomic mass is 9.96. The van der Waals surface area contributed by atoms with Gasteiger partial charge in [-0.1, -0.05) is 6.07 Å². The number of nitrogens with one attached hydrogen (secondary N) is 1. The molecule has 5 heteroatoms. The molecule has 1 aliphatic rings. The standard InChI is InChI=1S/C16H20N4O/c1-3-17-15-11-7-4-5-8-12(11)19-16(20-15)13-9-6-10-14(18-13)21-2/h6,9-10H,3-5,7-8H2,1-2H3,(H,17,19,20). The first-order valence-corrected chi connectivity index (χ1v) is 7.47. The van der Waals surface area contributed by atoms with Crippen LogP contribution in [0.4, 0.5) is 5.82 Å². The lowest BCUT2D eigenvalue weighted by molar-refractivity contribution is 0.398. The fourth-order valence-corrected chi connectivity index (χ4v) is 2.68. The number of hydrogen-bond donors (Lipinski definition) is 1. The molecule has 0 radical (unpaired) electrons. The zero-order valence-corrected chi connectivity index (χ0v) is 12.5. The maximum absolute atomic E-state index is 5.18. The molecule has 0 aliphatic heterocycles. The predicted octanol–water partition coefficient (Wildman–Crippen LogP) is 2.86. The Morgan fingerprint density at radius 2 is 2.00 bits per heavy atom. The van der Waals surface area contributed by atoms with E-state index < -0.39 is 0 Å². The van der Waals surface area contributed by atoms with E-state index in [1.54, 1.807) is 7.11 Å². The maximum atomic E-state index is 5.18. The summed E-state index contributed by atoms with van der Waals surface area (Å²) < 4.78 is 5.18. The third-order valence-corrected chi connectivity index (χ3v) is 3.69. The van der Waals surface area contributed by atoms with Gasteiger partial charge in [0.05, 0.1) is 7.11 Å². The molecule has 5 nitrogen and oxygen atoms in total. The Morgan fingerprint density at radius 1 is 1.14 bits per heavy atom. The van der Waals surface area contributed by atoms with Crippen molar-refractivity contribution in [2.75, 3.05) is 19.0 Å². The number of fused-ring (bicyclic) bond motifs is 1. The second kappa shape index (κ2) is 6.08. The van der Waals surface area contributed by atoms with Crippen molar-refractivity contribution in [3.8, 4) is 17.4 Å². The number of methoxy groups -OCH3 is 1. The van der Waals surface area contributed by atoms with Gasteiger partial charge >= 0.3 is 0 Å². The molecule has 0 bridgehead atoms. The van der Waals surface area contributed by atoms with Gasteiger partial charge in [-0.2, -0.15) is 0 Å². The van der Waals surface area contributed by atoms with Crippen molar-refractivity contribution in [3.63, 3.8) is 0 Å². The first-order valence-electron chi connectivity index (χ1n) is 7.47. The van der Waals surface area contributed by atoms with Crippen molar-refractivity contribution in [1.82, 2.24) is 15.0 Å². The molecule has 2 aromatic rings. The second-order valence-corrected chi connectivity index (χ2v) is 5.12. The molecule has 110 valence electrons. The van der Waals surface area contributed by atoms with Crippen molar-refractivity contribution in [2.45, 2.75) is 32.6 Å². The summed E-state index contributed by atoms with van der Waals surface area (Å²) in [6.07, 6.45) is 4.49. The predicted molar refractivity (Wildman–Crippen MR) is 82.6 cm³/mol. The van der Waals surface area contributed by atoms with Crippen LogP contribution in [0.3, 0.4) is 0 Å². The highest BCUT2D eigenvalue weighted by atomic mass is 16.5. The third kappa shape index (κ3) is 2.82. The summed E-state index contributed by atoms with van der Waals surface area (Å²) in [4.78, 5) is 13.9. The fourth-order valence-electron chi connectivity index (χ4n) is 2.68. The Morgan fingerprint density at radius 3 is 2.81 bits per heavy atom. The minimum Gasteiger partial charge on any atom is -0.481 e. The molecule has 0 unspecified atom stereocenters. The van der Waals surface area contributed by atoms with Gasteiger partial charge in [-0.05, 0) is 38.7 Å². The van der Waals surface area contributed by atoms with Crippen molar-refractivity contribution in [3.05, 3.63) is 29.5 Å². The molecule has 2 heterocycles. The van der Waals surface area contributed by atoms with E-state index in [1.807, 2.05) is 18.2 Å². The van der Waals surface area contributed by atoms with Gasteiger partial charge in [-0.15, -0.1) is 0 Å². The molecule has 1 aliphatic carbocycles. The number of aryl methyl sites for hydroxylation is 1. The molecule has 0 atom stereocenters. The molecule has 0 fully saturated rings. The summed E-state index contributed by atoms with van der Waals surface area (Å²) in [6, 6.07) is 5.66. The van der Waals surface area contributed by atoms with Gasteiger partial charge in [-0.3, -0.25) is 0 Å². The summed E-state index contributed by atoms with van der Waals surface area (Å²) in [5.74, 6) is 2.21. The van der Waals surface area contributed by atoms with E-state index in [0.29, 0.717) is 11.7 Å². The fraction of sp³-hybridized carbons (Fsp3) is 0.438. The van der Waals surface area contributed by atoms with Gasteiger partial charge in [0.25, 0.3) is 0 Å². The van der Waals surface area contributed by atoms with Crippen LogP contribution >= 0.6 is 0 Å². The topological polar surface area (TPSA) is 59.9 Å². The molecule has 0 aromatic carbocycles. The summed E-state index contributed by atoms with van der Waals surface area (Å²) in [5.41, 5.74) is 3.18. The monoisotopic (exact) mass is 284 g/mol. The zero-order chi connectivity index (χ0) is 14.7. The van der Waals surface area contributed by atoms with Crippen LogP contribution in [0.15, 0.2) is 18.2 Å². The van der Waals surface area contributed by atoms with Crippen molar-refractivity contribution in [2.24, 2.45) is 0 Å². The minimum absolute atomic E-state index is 0.582. The number of pyridine rings is 1. The molecule has 3 rings (SSSR count). The van der Waals surface area contributed by atoms with Crippen LogP contribution in [0, 0.1) is 0 Å². The lowest BCUT2D eigenvalue weighted by Gasteiger charge is -2.19. The van der Waals surface area contributed by atoms with Crippen molar-refractivity contribution >= 4 is 5.82 Å². The van der Waals surface area contributed by atoms with Gasteiger partial charge in [0.15, 0.2) is 5.82 Å². The van der Waals surface area contributed by atoms with Gasteiger partial charge in [-0.25, -0.2) is 15.0 Å². The van der Waals surface area contributed by atoms with E-state index in [4.69, 9.17) is 9.72 Å². The highest BCUT2D eigenvalue weighted by molar-refractivity contribution is 5.57. The number of aromatic nitrogens is 3. The Balaban J connectivity index is 2.07. The number of nitrogens with zero attached hydrogens (tertiary/aromatic N) is 3. The molecule has 1 N–H and O–H groups in total. The van der Waals surface area contributed by atoms with E-state index >= 15 is 0 Å². The highest BCUT2D eigenvalue weighted by Gasteiger charge is 2.18. The SMILES string of the molecule is CCNc1nc(-c2cccc(OC)n2)nc2c1CCCC2. The molecule has 2 aromatic heterocycles. The van der Waals surface area contributed by atoms with Crippen molar-refractivity contribution < 1.29 is 4.74 Å². The van der Waals surface area contributed by atoms with Crippen LogP contribution in [-0.4, -0.2) is 28.6 Å². The molecular weight excluding hydrogens is 264 g/mol. The van der Waals surface area contributed by atoms with Gasteiger partial charge < -0.3 is 10.1 Å². The Bertz CT molecular complexity index is 642. The number of hydrogen-bond acceptors (Lipinski definition) is 5. The van der Waals surface area contributed by atoms with Gasteiger partial charge in [0.2, 0.25) is 5.88 Å². The lowest BCUT2D eigenvalue weighted by Crippen LogP contribution is -2.13. The van der Waals surface area contributed by atoms with E-state index in [-0.39, 0.29) is 0 Å². The summed E-state index contributed by atoms with van der Waals surface area (Å²) >= 11 is 0. The first-order chi connectivity index (χ1) is 10.3. The number of ether oxygens (including phenoxy) is 1. The Labute approximate surface area is 124 Å². The summed E-state index contributed by atoms with van der Waals surface area (Å²) in [7, 11) is 1.61. The van der Waals surface area contributed by atoms with Crippen LogP contribution in [-0.2, 0) is 12.8 Å². The highest BCUT2D eigenvalue weighted by Crippen LogP contribution is 2.28. The summed E-state index contributed by atoms with van der Waals surface area (Å²) in [5, 5.41) is 3.36.